The summed E-state index contributed by atoms with van der Waals surface area (Å²) in [6, 6.07) is 2.56. The second-order valence-corrected chi connectivity index (χ2v) is 5.86. The van der Waals surface area contributed by atoms with Crippen LogP contribution < -0.4 is 4.72 Å². The molecule has 0 saturated carbocycles. The molecular formula is C11H16N2O5S. The number of sulfonamides is 1. The van der Waals surface area contributed by atoms with E-state index >= 15 is 0 Å². The number of esters is 1. The van der Waals surface area contributed by atoms with Gasteiger partial charge in [-0.25, -0.2) is 9.52 Å². The number of aromatic nitrogens is 1. The zero-order valence-electron chi connectivity index (χ0n) is 11.1. The van der Waals surface area contributed by atoms with Crippen LogP contribution in [0.25, 0.3) is 0 Å². The zero-order chi connectivity index (χ0) is 14.8. The van der Waals surface area contributed by atoms with Crippen molar-refractivity contribution in [1.29, 1.82) is 0 Å². The molecule has 1 rings (SSSR count). The first-order valence-electron chi connectivity index (χ1n) is 5.51. The Bertz CT molecular complexity index is 601. The smallest absolute Gasteiger partial charge is 0.354 e. The predicted molar refractivity (Wildman–Crippen MR) is 66.9 cm³/mol. The molecule has 1 heterocycles. The molecule has 0 aliphatic carbocycles. The number of hydrogen-bond donors (Lipinski definition) is 1. The molecule has 1 aromatic rings. The third-order valence-corrected chi connectivity index (χ3v) is 3.94. The minimum atomic E-state index is -4.00. The number of methoxy groups -OCH3 is 1. The molecular weight excluding hydrogens is 272 g/mol. The summed E-state index contributed by atoms with van der Waals surface area (Å²) >= 11 is 0. The van der Waals surface area contributed by atoms with Gasteiger partial charge in [-0.1, -0.05) is 13.8 Å². The van der Waals surface area contributed by atoms with Crippen LogP contribution >= 0.6 is 0 Å². The van der Waals surface area contributed by atoms with Gasteiger partial charge in [0.25, 0.3) is 10.0 Å². The van der Waals surface area contributed by atoms with Crippen LogP contribution in [-0.2, 0) is 26.6 Å². The van der Waals surface area contributed by atoms with Gasteiger partial charge in [-0.05, 0) is 12.1 Å². The molecule has 1 N–H and O–H groups in total. The fraction of sp³-hybridized carbons (Fsp3) is 0.455. The maximum absolute atomic E-state index is 12.0. The van der Waals surface area contributed by atoms with E-state index in [1.54, 1.807) is 13.8 Å². The van der Waals surface area contributed by atoms with Crippen LogP contribution in [0.5, 0.6) is 0 Å². The third-order valence-electron chi connectivity index (χ3n) is 2.50. The van der Waals surface area contributed by atoms with E-state index in [0.717, 1.165) is 4.57 Å². The number of hydrogen-bond acceptors (Lipinski definition) is 5. The van der Waals surface area contributed by atoms with Crippen molar-refractivity contribution < 1.29 is 22.7 Å². The Morgan fingerprint density at radius 1 is 1.32 bits per heavy atom. The Hall–Kier alpha value is -1.83. The molecule has 19 heavy (non-hydrogen) atoms. The first kappa shape index (κ1) is 15.2. The van der Waals surface area contributed by atoms with Gasteiger partial charge in [0.2, 0.25) is 5.91 Å². The maximum atomic E-state index is 12.0. The van der Waals surface area contributed by atoms with E-state index in [4.69, 9.17) is 0 Å². The Morgan fingerprint density at radius 3 is 2.37 bits per heavy atom. The van der Waals surface area contributed by atoms with E-state index in [-0.39, 0.29) is 10.7 Å². The number of nitrogens with zero attached hydrogens (tertiary/aromatic N) is 1. The molecule has 0 fully saturated rings. The average Bonchev–Trinajstić information content (AvgIpc) is 2.70. The van der Waals surface area contributed by atoms with Gasteiger partial charge in [-0.15, -0.1) is 0 Å². The van der Waals surface area contributed by atoms with Crippen molar-refractivity contribution in [1.82, 2.24) is 9.29 Å². The Balaban J connectivity index is 3.14. The lowest BCUT2D eigenvalue weighted by atomic mass is 10.2. The van der Waals surface area contributed by atoms with Crippen LogP contribution in [0.15, 0.2) is 17.2 Å². The first-order valence-corrected chi connectivity index (χ1v) is 6.99. The molecule has 0 spiro atoms. The normalized spacial score (nSPS) is 11.4. The van der Waals surface area contributed by atoms with Crippen molar-refractivity contribution in [2.75, 3.05) is 7.11 Å². The highest BCUT2D eigenvalue weighted by molar-refractivity contribution is 7.90. The van der Waals surface area contributed by atoms with E-state index in [2.05, 4.69) is 4.74 Å². The molecule has 0 atom stereocenters. The van der Waals surface area contributed by atoms with Crippen LogP contribution in [-0.4, -0.2) is 32.0 Å². The number of rotatable bonds is 4. The lowest BCUT2D eigenvalue weighted by Crippen LogP contribution is -2.34. The molecule has 1 amide bonds. The summed E-state index contributed by atoms with van der Waals surface area (Å²) in [7, 11) is -1.40. The fourth-order valence-electron chi connectivity index (χ4n) is 1.37. The minimum absolute atomic E-state index is 0.0832. The van der Waals surface area contributed by atoms with Gasteiger partial charge in [0.05, 0.1) is 7.11 Å². The summed E-state index contributed by atoms with van der Waals surface area (Å²) in [5.41, 5.74) is 0.0832. The van der Waals surface area contributed by atoms with Gasteiger partial charge in [0.1, 0.15) is 5.69 Å². The van der Waals surface area contributed by atoms with E-state index in [9.17, 15) is 18.0 Å². The number of ether oxygens (including phenoxy) is 1. The van der Waals surface area contributed by atoms with E-state index in [0.29, 0.717) is 0 Å². The van der Waals surface area contributed by atoms with Gasteiger partial charge >= 0.3 is 5.97 Å². The summed E-state index contributed by atoms with van der Waals surface area (Å²) in [6.07, 6.45) is 0. The second-order valence-electron chi connectivity index (χ2n) is 4.23. The second kappa shape index (κ2) is 5.43. The fourth-order valence-corrected chi connectivity index (χ4v) is 2.69. The van der Waals surface area contributed by atoms with Gasteiger partial charge in [-0.3, -0.25) is 4.79 Å². The minimum Gasteiger partial charge on any atom is -0.464 e. The van der Waals surface area contributed by atoms with Crippen molar-refractivity contribution in [3.63, 3.8) is 0 Å². The summed E-state index contributed by atoms with van der Waals surface area (Å²) < 4.78 is 31.6. The van der Waals surface area contributed by atoms with Crippen LogP contribution in [0.3, 0.4) is 0 Å². The average molecular weight is 288 g/mol. The van der Waals surface area contributed by atoms with E-state index in [1.807, 2.05) is 4.72 Å². The molecule has 8 heteroatoms. The lowest BCUT2D eigenvalue weighted by molar-refractivity contribution is -0.122. The van der Waals surface area contributed by atoms with Gasteiger partial charge in [0, 0.05) is 13.0 Å². The highest BCUT2D eigenvalue weighted by atomic mass is 32.2. The van der Waals surface area contributed by atoms with Gasteiger partial charge in [-0.2, -0.15) is 8.42 Å². The first-order chi connectivity index (χ1) is 8.70. The van der Waals surface area contributed by atoms with Crippen molar-refractivity contribution in [3.8, 4) is 0 Å². The lowest BCUT2D eigenvalue weighted by Gasteiger charge is -2.10. The summed E-state index contributed by atoms with van der Waals surface area (Å²) in [4.78, 5) is 22.8. The summed E-state index contributed by atoms with van der Waals surface area (Å²) in [5.74, 6) is -1.73. The van der Waals surface area contributed by atoms with Gasteiger partial charge < -0.3 is 9.30 Å². The molecule has 7 nitrogen and oxygen atoms in total. The maximum Gasteiger partial charge on any atom is 0.354 e. The molecule has 0 aromatic carbocycles. The predicted octanol–water partition coefficient (Wildman–Crippen LogP) is 0.273. The highest BCUT2D eigenvalue weighted by Crippen LogP contribution is 2.14. The Morgan fingerprint density at radius 2 is 1.89 bits per heavy atom. The molecule has 0 unspecified atom stereocenters. The third kappa shape index (κ3) is 3.14. The van der Waals surface area contributed by atoms with Crippen molar-refractivity contribution >= 4 is 21.9 Å². The summed E-state index contributed by atoms with van der Waals surface area (Å²) in [6.45, 7) is 3.16. The zero-order valence-corrected chi connectivity index (χ0v) is 11.9. The number of carbonyl (C=O) groups excluding carboxylic acids is 2. The quantitative estimate of drug-likeness (QED) is 0.803. The SMILES string of the molecule is COC(=O)c1ccc(S(=O)(=O)NC(=O)C(C)C)n1C. The highest BCUT2D eigenvalue weighted by Gasteiger charge is 2.25. The molecule has 0 radical (unpaired) electrons. The molecule has 106 valence electrons. The standard InChI is InChI=1S/C11H16N2O5S/c1-7(2)10(14)12-19(16,17)9-6-5-8(13(9)3)11(15)18-4/h5-7H,1-4H3,(H,12,14). The topological polar surface area (TPSA) is 94.5 Å². The molecule has 0 bridgehead atoms. The Labute approximate surface area is 111 Å². The van der Waals surface area contributed by atoms with Crippen LogP contribution in [0, 0.1) is 5.92 Å². The van der Waals surface area contributed by atoms with Crippen LogP contribution in [0.4, 0.5) is 0 Å². The number of nitrogens with one attached hydrogen (secondary N) is 1. The van der Waals surface area contributed by atoms with Crippen molar-refractivity contribution in [2.45, 2.75) is 18.9 Å². The van der Waals surface area contributed by atoms with Gasteiger partial charge in [0.15, 0.2) is 5.03 Å². The van der Waals surface area contributed by atoms with Crippen LogP contribution in [0.2, 0.25) is 0 Å². The van der Waals surface area contributed by atoms with Crippen molar-refractivity contribution in [3.05, 3.63) is 17.8 Å². The number of amides is 1. The van der Waals surface area contributed by atoms with E-state index in [1.165, 1.54) is 26.3 Å². The molecule has 0 aliphatic rings. The monoisotopic (exact) mass is 288 g/mol. The number of carbonyl (C=O) groups is 2. The largest absolute Gasteiger partial charge is 0.464 e. The van der Waals surface area contributed by atoms with Crippen LogP contribution in [0.1, 0.15) is 24.3 Å². The summed E-state index contributed by atoms with van der Waals surface area (Å²) in [5, 5.41) is -0.179. The molecule has 0 saturated heterocycles. The van der Waals surface area contributed by atoms with Crippen molar-refractivity contribution in [2.24, 2.45) is 13.0 Å². The Kier molecular flexibility index (Phi) is 4.35. The van der Waals surface area contributed by atoms with E-state index < -0.39 is 27.8 Å². The molecule has 0 aliphatic heterocycles. The molecule has 1 aromatic heterocycles.